The number of aliphatic hydroxyl groups is 1. The van der Waals surface area contributed by atoms with Gasteiger partial charge in [0.2, 0.25) is 0 Å². The van der Waals surface area contributed by atoms with Crippen molar-refractivity contribution in [1.29, 1.82) is 0 Å². The summed E-state index contributed by atoms with van der Waals surface area (Å²) in [5, 5.41) is 20.4. The molecule has 1 saturated carbocycles. The number of urea groups is 1. The number of nitrogens with zero attached hydrogens (tertiary/aromatic N) is 1. The minimum Gasteiger partial charge on any atom is -0.480 e. The van der Waals surface area contributed by atoms with Crippen LogP contribution in [0.1, 0.15) is 46.0 Å². The number of amides is 2. The summed E-state index contributed by atoms with van der Waals surface area (Å²) in [6.07, 6.45) is 4.23. The van der Waals surface area contributed by atoms with Gasteiger partial charge in [-0.25, -0.2) is 9.59 Å². The van der Waals surface area contributed by atoms with Gasteiger partial charge in [-0.15, -0.1) is 0 Å². The van der Waals surface area contributed by atoms with E-state index in [1.807, 2.05) is 13.8 Å². The van der Waals surface area contributed by atoms with Gasteiger partial charge in [-0.3, -0.25) is 0 Å². The fraction of sp³-hybridized carbons (Fsp3) is 0.857. The van der Waals surface area contributed by atoms with Crippen molar-refractivity contribution >= 4 is 12.0 Å². The average molecular weight is 286 g/mol. The largest absolute Gasteiger partial charge is 0.480 e. The van der Waals surface area contributed by atoms with Crippen LogP contribution >= 0.6 is 0 Å². The standard InChI is InChI=1S/C14H26N2O4/c1-10(2)9-16(11-5-3-4-6-11)14(20)15-12(7-8-17)13(18)19/h10-12,17H,3-9H2,1-2H3,(H,15,20)(H,18,19)/t12-/m0/s1. The van der Waals surface area contributed by atoms with Gasteiger partial charge in [-0.05, 0) is 18.8 Å². The summed E-state index contributed by atoms with van der Waals surface area (Å²) in [7, 11) is 0. The zero-order valence-corrected chi connectivity index (χ0v) is 12.3. The minimum absolute atomic E-state index is 0.0290. The quantitative estimate of drug-likeness (QED) is 0.660. The lowest BCUT2D eigenvalue weighted by Gasteiger charge is -2.31. The lowest BCUT2D eigenvalue weighted by Crippen LogP contribution is -2.52. The van der Waals surface area contributed by atoms with Crippen LogP contribution < -0.4 is 5.32 Å². The Morgan fingerprint density at radius 2 is 1.90 bits per heavy atom. The predicted molar refractivity (Wildman–Crippen MR) is 75.5 cm³/mol. The molecule has 0 aliphatic heterocycles. The SMILES string of the molecule is CC(C)CN(C(=O)N[C@@H](CCO)C(=O)O)C1CCCC1. The molecule has 0 heterocycles. The number of aliphatic carboxylic acids is 1. The summed E-state index contributed by atoms with van der Waals surface area (Å²) in [5.74, 6) is -0.772. The van der Waals surface area contributed by atoms with Crippen LogP contribution in [0.15, 0.2) is 0 Å². The maximum atomic E-state index is 12.3. The third-order valence-electron chi connectivity index (χ3n) is 3.60. The van der Waals surface area contributed by atoms with E-state index in [1.54, 1.807) is 4.90 Å². The molecule has 6 nitrogen and oxygen atoms in total. The Kier molecular flexibility index (Phi) is 6.78. The molecular weight excluding hydrogens is 260 g/mol. The van der Waals surface area contributed by atoms with Crippen LogP contribution in [-0.2, 0) is 4.79 Å². The highest BCUT2D eigenvalue weighted by Crippen LogP contribution is 2.24. The summed E-state index contributed by atoms with van der Waals surface area (Å²) >= 11 is 0. The monoisotopic (exact) mass is 286 g/mol. The van der Waals surface area contributed by atoms with E-state index in [0.717, 1.165) is 25.7 Å². The molecule has 1 fully saturated rings. The number of carbonyl (C=O) groups is 2. The third kappa shape index (κ3) is 5.00. The van der Waals surface area contributed by atoms with Crippen molar-refractivity contribution in [2.45, 2.75) is 58.0 Å². The van der Waals surface area contributed by atoms with Crippen LogP contribution in [0.2, 0.25) is 0 Å². The second-order valence-electron chi connectivity index (χ2n) is 5.84. The molecule has 1 rings (SSSR count). The highest BCUT2D eigenvalue weighted by Gasteiger charge is 2.29. The van der Waals surface area contributed by atoms with E-state index < -0.39 is 12.0 Å². The predicted octanol–water partition coefficient (Wildman–Crippen LogP) is 1.43. The summed E-state index contributed by atoms with van der Waals surface area (Å²) in [4.78, 5) is 25.1. The normalized spacial score (nSPS) is 17.2. The maximum absolute atomic E-state index is 12.3. The van der Waals surface area contributed by atoms with Gasteiger partial charge in [0.1, 0.15) is 6.04 Å². The van der Waals surface area contributed by atoms with E-state index in [2.05, 4.69) is 5.32 Å². The highest BCUT2D eigenvalue weighted by molar-refractivity contribution is 5.82. The van der Waals surface area contributed by atoms with Crippen molar-refractivity contribution in [3.8, 4) is 0 Å². The maximum Gasteiger partial charge on any atom is 0.326 e. The molecule has 0 aromatic rings. The fourth-order valence-corrected chi connectivity index (χ4v) is 2.63. The zero-order chi connectivity index (χ0) is 15.1. The van der Waals surface area contributed by atoms with Crippen LogP contribution in [0.3, 0.4) is 0 Å². The van der Waals surface area contributed by atoms with Crippen molar-refractivity contribution in [3.05, 3.63) is 0 Å². The second kappa shape index (κ2) is 8.09. The molecule has 0 unspecified atom stereocenters. The lowest BCUT2D eigenvalue weighted by atomic mass is 10.1. The van der Waals surface area contributed by atoms with Gasteiger partial charge in [0, 0.05) is 25.6 Å². The molecule has 0 saturated heterocycles. The molecule has 2 amide bonds. The van der Waals surface area contributed by atoms with E-state index in [0.29, 0.717) is 12.5 Å². The number of carboxylic acids is 1. The summed E-state index contributed by atoms with van der Waals surface area (Å²) in [6.45, 7) is 4.45. The molecule has 1 aliphatic carbocycles. The van der Waals surface area contributed by atoms with Gasteiger partial charge >= 0.3 is 12.0 Å². The summed E-state index contributed by atoms with van der Waals surface area (Å²) < 4.78 is 0. The minimum atomic E-state index is -1.11. The van der Waals surface area contributed by atoms with Crippen LogP contribution in [-0.4, -0.2) is 52.3 Å². The van der Waals surface area contributed by atoms with E-state index >= 15 is 0 Å². The van der Waals surface area contributed by atoms with Crippen LogP contribution in [0, 0.1) is 5.92 Å². The number of nitrogens with one attached hydrogen (secondary N) is 1. The zero-order valence-electron chi connectivity index (χ0n) is 12.3. The van der Waals surface area contributed by atoms with E-state index in [9.17, 15) is 9.59 Å². The number of carbonyl (C=O) groups excluding carboxylic acids is 1. The van der Waals surface area contributed by atoms with Crippen molar-refractivity contribution in [2.24, 2.45) is 5.92 Å². The Hall–Kier alpha value is -1.30. The van der Waals surface area contributed by atoms with Gasteiger partial charge in [0.05, 0.1) is 0 Å². The van der Waals surface area contributed by atoms with Crippen molar-refractivity contribution < 1.29 is 19.8 Å². The first-order chi connectivity index (χ1) is 9.45. The summed E-state index contributed by atoms with van der Waals surface area (Å²) in [5.41, 5.74) is 0. The second-order valence-corrected chi connectivity index (χ2v) is 5.84. The van der Waals surface area contributed by atoms with Crippen LogP contribution in [0.5, 0.6) is 0 Å². The van der Waals surface area contributed by atoms with E-state index in [-0.39, 0.29) is 25.1 Å². The number of carboxylic acid groups (broad SMARTS) is 1. The molecule has 1 atom stereocenters. The van der Waals surface area contributed by atoms with Crippen molar-refractivity contribution in [2.75, 3.05) is 13.2 Å². The Morgan fingerprint density at radius 1 is 1.30 bits per heavy atom. The molecule has 0 aromatic heterocycles. The molecule has 0 aromatic carbocycles. The van der Waals surface area contributed by atoms with E-state index in [1.165, 1.54) is 0 Å². The summed E-state index contributed by atoms with van der Waals surface area (Å²) in [6, 6.07) is -1.14. The first-order valence-corrected chi connectivity index (χ1v) is 7.36. The molecule has 6 heteroatoms. The molecule has 0 bridgehead atoms. The topological polar surface area (TPSA) is 89.9 Å². The first-order valence-electron chi connectivity index (χ1n) is 7.36. The molecule has 116 valence electrons. The van der Waals surface area contributed by atoms with E-state index in [4.69, 9.17) is 10.2 Å². The van der Waals surface area contributed by atoms with Crippen molar-refractivity contribution in [1.82, 2.24) is 10.2 Å². The van der Waals surface area contributed by atoms with Gasteiger partial charge in [0.15, 0.2) is 0 Å². The number of rotatable bonds is 7. The molecule has 3 N–H and O–H groups in total. The van der Waals surface area contributed by atoms with Crippen LogP contribution in [0.25, 0.3) is 0 Å². The number of hydrogen-bond acceptors (Lipinski definition) is 3. The van der Waals surface area contributed by atoms with Gasteiger partial charge < -0.3 is 20.4 Å². The van der Waals surface area contributed by atoms with Gasteiger partial charge in [0.25, 0.3) is 0 Å². The Labute approximate surface area is 120 Å². The molecule has 0 radical (unpaired) electrons. The Bertz CT molecular complexity index is 327. The number of hydrogen-bond donors (Lipinski definition) is 3. The Morgan fingerprint density at radius 3 is 2.35 bits per heavy atom. The molecule has 0 spiro atoms. The molecule has 20 heavy (non-hydrogen) atoms. The third-order valence-corrected chi connectivity index (χ3v) is 3.60. The van der Waals surface area contributed by atoms with Crippen molar-refractivity contribution in [3.63, 3.8) is 0 Å². The molecule has 1 aliphatic rings. The fourth-order valence-electron chi connectivity index (χ4n) is 2.63. The number of aliphatic hydroxyl groups excluding tert-OH is 1. The first kappa shape index (κ1) is 16.8. The van der Waals surface area contributed by atoms with Crippen LogP contribution in [0.4, 0.5) is 4.79 Å². The van der Waals surface area contributed by atoms with Gasteiger partial charge in [-0.1, -0.05) is 26.7 Å². The Balaban J connectivity index is 2.68. The smallest absolute Gasteiger partial charge is 0.326 e. The highest BCUT2D eigenvalue weighted by atomic mass is 16.4. The average Bonchev–Trinajstić information content (AvgIpc) is 2.88. The lowest BCUT2D eigenvalue weighted by molar-refractivity contribution is -0.139. The van der Waals surface area contributed by atoms with Gasteiger partial charge in [-0.2, -0.15) is 0 Å². The molecular formula is C14H26N2O4.